The van der Waals surface area contributed by atoms with Gasteiger partial charge in [-0.05, 0) is 47.9 Å². The molecule has 0 spiro atoms. The molecule has 0 aromatic heterocycles. The van der Waals surface area contributed by atoms with E-state index in [0.29, 0.717) is 6.61 Å². The minimum Gasteiger partial charge on any atom is -0.353 e. The topological polar surface area (TPSA) is 35.5 Å². The normalized spacial score (nSPS) is 22.5. The molecule has 0 aliphatic carbocycles. The molecule has 0 saturated carbocycles. The molecule has 1 saturated heterocycles. The highest BCUT2D eigenvalue weighted by molar-refractivity contribution is 14.1. The molecule has 1 unspecified atom stereocenters. The fourth-order valence-corrected chi connectivity index (χ4v) is 1.86. The quantitative estimate of drug-likeness (QED) is 0.571. The Hall–Kier alpha value is 0.0600. The maximum atomic E-state index is 11.4. The lowest BCUT2D eigenvalue weighted by Gasteiger charge is -2.22. The van der Waals surface area contributed by atoms with Crippen molar-refractivity contribution in [3.63, 3.8) is 0 Å². The molecule has 0 aromatic carbocycles. The van der Waals surface area contributed by atoms with E-state index >= 15 is 0 Å². The van der Waals surface area contributed by atoms with Gasteiger partial charge in [0.2, 0.25) is 0 Å². The molecule has 1 rings (SSSR count). The van der Waals surface area contributed by atoms with Crippen molar-refractivity contribution in [2.24, 2.45) is 5.92 Å². The van der Waals surface area contributed by atoms with Crippen LogP contribution >= 0.6 is 22.6 Å². The average molecular weight is 338 g/mol. The summed E-state index contributed by atoms with van der Waals surface area (Å²) in [5.41, 5.74) is 0. The Balaban J connectivity index is 2.28. The highest BCUT2D eigenvalue weighted by atomic mass is 127. The van der Waals surface area contributed by atoms with Gasteiger partial charge in [0.15, 0.2) is 12.1 Å². The maximum Gasteiger partial charge on any atom is 0.159 e. The van der Waals surface area contributed by atoms with Gasteiger partial charge >= 0.3 is 0 Å². The number of carbonyl (C=O) groups is 1. The molecule has 0 radical (unpaired) electrons. The van der Waals surface area contributed by atoms with Crippen molar-refractivity contribution in [3.05, 3.63) is 9.66 Å². The van der Waals surface area contributed by atoms with Crippen LogP contribution in [0.3, 0.4) is 0 Å². The van der Waals surface area contributed by atoms with E-state index in [4.69, 9.17) is 9.47 Å². The zero-order valence-electron chi connectivity index (χ0n) is 9.87. The SMILES string of the molecule is CC(C)C(=O)/C=C(\I)COC1CCCCO1. The first-order valence-electron chi connectivity index (χ1n) is 5.72. The van der Waals surface area contributed by atoms with Gasteiger partial charge in [-0.25, -0.2) is 0 Å². The van der Waals surface area contributed by atoms with Crippen molar-refractivity contribution in [3.8, 4) is 0 Å². The lowest BCUT2D eigenvalue weighted by atomic mass is 10.1. The number of hydrogen-bond donors (Lipinski definition) is 0. The van der Waals surface area contributed by atoms with Crippen LogP contribution in [-0.2, 0) is 14.3 Å². The Labute approximate surface area is 111 Å². The lowest BCUT2D eigenvalue weighted by Crippen LogP contribution is -2.22. The van der Waals surface area contributed by atoms with Gasteiger partial charge in [0.1, 0.15) is 0 Å². The smallest absolute Gasteiger partial charge is 0.159 e. The van der Waals surface area contributed by atoms with Crippen LogP contribution in [0.1, 0.15) is 33.1 Å². The zero-order chi connectivity index (χ0) is 12.0. The summed E-state index contributed by atoms with van der Waals surface area (Å²) in [6.07, 6.45) is 4.83. The Kier molecular flexibility index (Phi) is 6.53. The molecule has 0 aromatic rings. The molecule has 1 aliphatic heterocycles. The van der Waals surface area contributed by atoms with Crippen molar-refractivity contribution in [2.75, 3.05) is 13.2 Å². The van der Waals surface area contributed by atoms with Gasteiger partial charge in [0.05, 0.1) is 6.61 Å². The summed E-state index contributed by atoms with van der Waals surface area (Å²) in [6.45, 7) is 5.06. The Morgan fingerprint density at radius 1 is 1.56 bits per heavy atom. The van der Waals surface area contributed by atoms with E-state index in [0.717, 1.165) is 29.4 Å². The van der Waals surface area contributed by atoms with Crippen molar-refractivity contribution in [1.29, 1.82) is 0 Å². The van der Waals surface area contributed by atoms with Crippen LogP contribution in [0.15, 0.2) is 9.66 Å². The first kappa shape index (κ1) is 14.1. The van der Waals surface area contributed by atoms with Gasteiger partial charge in [-0.1, -0.05) is 13.8 Å². The molecule has 3 nitrogen and oxygen atoms in total. The molecule has 1 fully saturated rings. The fourth-order valence-electron chi connectivity index (χ4n) is 1.38. The second kappa shape index (κ2) is 7.40. The van der Waals surface area contributed by atoms with E-state index in [9.17, 15) is 4.79 Å². The minimum atomic E-state index is -0.0823. The van der Waals surface area contributed by atoms with Crippen LogP contribution in [0, 0.1) is 5.92 Å². The molecule has 4 heteroatoms. The number of allylic oxidation sites excluding steroid dienone is 1. The van der Waals surface area contributed by atoms with E-state index in [-0.39, 0.29) is 18.0 Å². The summed E-state index contributed by atoms with van der Waals surface area (Å²) in [4.78, 5) is 11.4. The number of ketones is 1. The van der Waals surface area contributed by atoms with Crippen LogP contribution in [-0.4, -0.2) is 25.3 Å². The van der Waals surface area contributed by atoms with Gasteiger partial charge in [0.25, 0.3) is 0 Å². The largest absolute Gasteiger partial charge is 0.353 e. The van der Waals surface area contributed by atoms with Crippen LogP contribution in [0.5, 0.6) is 0 Å². The highest BCUT2D eigenvalue weighted by Gasteiger charge is 2.14. The van der Waals surface area contributed by atoms with E-state index in [2.05, 4.69) is 22.6 Å². The fraction of sp³-hybridized carbons (Fsp3) is 0.750. The first-order valence-corrected chi connectivity index (χ1v) is 6.80. The van der Waals surface area contributed by atoms with Crippen LogP contribution in [0.25, 0.3) is 0 Å². The first-order chi connectivity index (χ1) is 7.59. The van der Waals surface area contributed by atoms with Gasteiger partial charge in [0, 0.05) is 16.1 Å². The third kappa shape index (κ3) is 5.41. The van der Waals surface area contributed by atoms with E-state index in [1.165, 1.54) is 0 Å². The molecule has 1 atom stereocenters. The Morgan fingerprint density at radius 2 is 2.31 bits per heavy atom. The predicted octanol–water partition coefficient (Wildman–Crippen LogP) is 3.07. The number of halogens is 1. The summed E-state index contributed by atoms with van der Waals surface area (Å²) in [6, 6.07) is 0. The second-order valence-corrected chi connectivity index (χ2v) is 5.64. The number of rotatable bonds is 5. The van der Waals surface area contributed by atoms with Crippen molar-refractivity contribution >= 4 is 28.4 Å². The van der Waals surface area contributed by atoms with Gasteiger partial charge < -0.3 is 9.47 Å². The molecule has 16 heavy (non-hydrogen) atoms. The van der Waals surface area contributed by atoms with E-state index < -0.39 is 0 Å². The third-order valence-electron chi connectivity index (χ3n) is 2.41. The van der Waals surface area contributed by atoms with Crippen LogP contribution in [0.4, 0.5) is 0 Å². The minimum absolute atomic E-state index is 0.0516. The number of hydrogen-bond acceptors (Lipinski definition) is 3. The monoisotopic (exact) mass is 338 g/mol. The summed E-state index contributed by atoms with van der Waals surface area (Å²) >= 11 is 2.15. The number of ether oxygens (including phenoxy) is 2. The Morgan fingerprint density at radius 3 is 2.88 bits per heavy atom. The maximum absolute atomic E-state index is 11.4. The van der Waals surface area contributed by atoms with Crippen molar-refractivity contribution < 1.29 is 14.3 Å². The standard InChI is InChI=1S/C12H19IO3/c1-9(2)11(14)7-10(13)8-16-12-5-3-4-6-15-12/h7,9,12H,3-6,8H2,1-2H3/b10-7-. The summed E-state index contributed by atoms with van der Waals surface area (Å²) in [5, 5.41) is 0. The zero-order valence-corrected chi connectivity index (χ0v) is 12.0. The number of carbonyl (C=O) groups excluding carboxylic acids is 1. The molecule has 92 valence electrons. The molecule has 1 heterocycles. The average Bonchev–Trinajstić information content (AvgIpc) is 2.27. The van der Waals surface area contributed by atoms with Crippen molar-refractivity contribution in [1.82, 2.24) is 0 Å². The van der Waals surface area contributed by atoms with E-state index in [1.807, 2.05) is 13.8 Å². The van der Waals surface area contributed by atoms with Gasteiger partial charge in [-0.15, -0.1) is 0 Å². The highest BCUT2D eigenvalue weighted by Crippen LogP contribution is 2.16. The molecular formula is C12H19IO3. The third-order valence-corrected chi connectivity index (χ3v) is 3.04. The van der Waals surface area contributed by atoms with Crippen LogP contribution < -0.4 is 0 Å². The molecule has 1 aliphatic rings. The van der Waals surface area contributed by atoms with Gasteiger partial charge in [-0.2, -0.15) is 0 Å². The Bertz CT molecular complexity index is 255. The van der Waals surface area contributed by atoms with Crippen molar-refractivity contribution in [2.45, 2.75) is 39.4 Å². The lowest BCUT2D eigenvalue weighted by molar-refractivity contribution is -0.155. The molecule has 0 N–H and O–H groups in total. The summed E-state index contributed by atoms with van der Waals surface area (Å²) in [5.74, 6) is 0.202. The molecular weight excluding hydrogens is 319 g/mol. The second-order valence-electron chi connectivity index (χ2n) is 4.26. The van der Waals surface area contributed by atoms with E-state index in [1.54, 1.807) is 6.08 Å². The molecule has 0 bridgehead atoms. The van der Waals surface area contributed by atoms with Crippen LogP contribution in [0.2, 0.25) is 0 Å². The molecule has 0 amide bonds. The summed E-state index contributed by atoms with van der Waals surface area (Å²) in [7, 11) is 0. The summed E-state index contributed by atoms with van der Waals surface area (Å²) < 4.78 is 12.0. The van der Waals surface area contributed by atoms with Gasteiger partial charge in [-0.3, -0.25) is 4.79 Å². The predicted molar refractivity (Wildman–Crippen MR) is 71.5 cm³/mol.